The average Bonchev–Trinajstić information content (AvgIpc) is 3.32. The first kappa shape index (κ1) is 18.4. The molecule has 1 aliphatic rings. The number of methoxy groups -OCH3 is 2. The third-order valence-electron chi connectivity index (χ3n) is 4.72. The van der Waals surface area contributed by atoms with Gasteiger partial charge in [0.05, 0.1) is 61.4 Å². The maximum Gasteiger partial charge on any atom is 0.260 e. The van der Waals surface area contributed by atoms with E-state index in [2.05, 4.69) is 15.1 Å². The Morgan fingerprint density at radius 1 is 1.21 bits per heavy atom. The SMILES string of the molecule is COc1ccc(-c2cc(C)c3c(n2)CN(c2cnn(CC#N)c2)C3=O)nc1OC. The predicted molar refractivity (Wildman–Crippen MR) is 104 cm³/mol. The minimum atomic E-state index is -0.131. The molecule has 9 nitrogen and oxygen atoms in total. The number of carbonyl (C=O) groups excluding carboxylic acids is 1. The molecule has 0 N–H and O–H groups in total. The van der Waals surface area contributed by atoms with E-state index in [1.807, 2.05) is 19.1 Å². The molecule has 0 radical (unpaired) electrons. The summed E-state index contributed by atoms with van der Waals surface area (Å²) in [4.78, 5) is 23.7. The summed E-state index contributed by atoms with van der Waals surface area (Å²) >= 11 is 0. The normalized spacial score (nSPS) is 12.6. The van der Waals surface area contributed by atoms with Gasteiger partial charge in [-0.1, -0.05) is 0 Å². The Labute approximate surface area is 167 Å². The zero-order chi connectivity index (χ0) is 20.5. The summed E-state index contributed by atoms with van der Waals surface area (Å²) in [7, 11) is 3.08. The lowest BCUT2D eigenvalue weighted by molar-refractivity contribution is 0.0996. The predicted octanol–water partition coefficient (Wildman–Crippen LogP) is 2.35. The molecule has 0 unspecified atom stereocenters. The third kappa shape index (κ3) is 3.14. The Hall–Kier alpha value is -3.93. The quantitative estimate of drug-likeness (QED) is 0.658. The van der Waals surface area contributed by atoms with Gasteiger partial charge in [0, 0.05) is 6.20 Å². The molecule has 1 amide bonds. The van der Waals surface area contributed by atoms with Crippen molar-refractivity contribution in [1.29, 1.82) is 5.26 Å². The molecule has 29 heavy (non-hydrogen) atoms. The van der Waals surface area contributed by atoms with E-state index in [1.54, 1.807) is 36.5 Å². The smallest absolute Gasteiger partial charge is 0.260 e. The fourth-order valence-electron chi connectivity index (χ4n) is 3.36. The van der Waals surface area contributed by atoms with Gasteiger partial charge in [-0.3, -0.25) is 14.4 Å². The molecule has 0 saturated heterocycles. The number of fused-ring (bicyclic) bond motifs is 1. The number of pyridine rings is 2. The average molecular weight is 390 g/mol. The van der Waals surface area contributed by atoms with Crippen molar-refractivity contribution >= 4 is 11.6 Å². The largest absolute Gasteiger partial charge is 0.491 e. The standard InChI is InChI=1S/C20H18N6O3/c1-12-8-15(14-4-5-17(28-2)19(24-14)29-3)23-16-11-26(20(27)18(12)16)13-9-22-25(10-13)7-6-21/h4-5,8-10H,7,11H2,1-3H3. The molecule has 146 valence electrons. The van der Waals surface area contributed by atoms with Crippen LogP contribution in [0, 0.1) is 18.3 Å². The van der Waals surface area contributed by atoms with Gasteiger partial charge in [-0.05, 0) is 30.7 Å². The Kier molecular flexibility index (Phi) is 4.60. The number of nitriles is 1. The summed E-state index contributed by atoms with van der Waals surface area (Å²) in [5.41, 5.74) is 3.99. The summed E-state index contributed by atoms with van der Waals surface area (Å²) in [6.07, 6.45) is 3.26. The van der Waals surface area contributed by atoms with E-state index in [4.69, 9.17) is 14.7 Å². The molecule has 4 heterocycles. The second-order valence-electron chi connectivity index (χ2n) is 6.50. The van der Waals surface area contributed by atoms with Crippen LogP contribution >= 0.6 is 0 Å². The third-order valence-corrected chi connectivity index (χ3v) is 4.72. The molecular weight excluding hydrogens is 372 g/mol. The zero-order valence-electron chi connectivity index (χ0n) is 16.2. The van der Waals surface area contributed by atoms with Crippen molar-refractivity contribution in [1.82, 2.24) is 19.7 Å². The fourth-order valence-corrected chi connectivity index (χ4v) is 3.36. The van der Waals surface area contributed by atoms with Gasteiger partial charge in [-0.25, -0.2) is 9.97 Å². The Morgan fingerprint density at radius 3 is 2.76 bits per heavy atom. The fraction of sp³-hybridized carbons (Fsp3) is 0.250. The van der Waals surface area contributed by atoms with Crippen LogP contribution in [-0.2, 0) is 13.1 Å². The van der Waals surface area contributed by atoms with Crippen molar-refractivity contribution in [3.05, 3.63) is 47.4 Å². The first-order chi connectivity index (χ1) is 14.0. The number of hydrogen-bond acceptors (Lipinski definition) is 7. The van der Waals surface area contributed by atoms with Gasteiger partial charge in [0.15, 0.2) is 5.75 Å². The number of amides is 1. The number of anilines is 1. The zero-order valence-corrected chi connectivity index (χ0v) is 16.2. The van der Waals surface area contributed by atoms with Crippen molar-refractivity contribution in [3.63, 3.8) is 0 Å². The molecule has 0 bridgehead atoms. The molecular formula is C20H18N6O3. The molecule has 4 rings (SSSR count). The number of ether oxygens (including phenoxy) is 2. The van der Waals surface area contributed by atoms with Crippen LogP contribution in [0.25, 0.3) is 11.4 Å². The van der Waals surface area contributed by atoms with E-state index in [9.17, 15) is 4.79 Å². The van der Waals surface area contributed by atoms with E-state index in [0.717, 1.165) is 5.56 Å². The number of aromatic nitrogens is 4. The van der Waals surface area contributed by atoms with Crippen LogP contribution < -0.4 is 14.4 Å². The molecule has 3 aromatic heterocycles. The topological polar surface area (TPSA) is 106 Å². The number of rotatable bonds is 5. The molecule has 0 atom stereocenters. The monoisotopic (exact) mass is 390 g/mol. The van der Waals surface area contributed by atoms with E-state index in [0.29, 0.717) is 46.5 Å². The summed E-state index contributed by atoms with van der Waals surface area (Å²) in [6.45, 7) is 2.33. The Morgan fingerprint density at radius 2 is 2.03 bits per heavy atom. The van der Waals surface area contributed by atoms with Crippen molar-refractivity contribution in [2.45, 2.75) is 20.0 Å². The second kappa shape index (κ2) is 7.24. The lowest BCUT2D eigenvalue weighted by Crippen LogP contribution is -2.22. The highest BCUT2D eigenvalue weighted by atomic mass is 16.5. The minimum absolute atomic E-state index is 0.126. The van der Waals surface area contributed by atoms with Crippen molar-refractivity contribution < 1.29 is 14.3 Å². The van der Waals surface area contributed by atoms with Crippen LogP contribution in [0.4, 0.5) is 5.69 Å². The molecule has 0 fully saturated rings. The number of nitrogens with zero attached hydrogens (tertiary/aromatic N) is 6. The van der Waals surface area contributed by atoms with Gasteiger partial charge in [0.2, 0.25) is 0 Å². The van der Waals surface area contributed by atoms with Crippen molar-refractivity contribution in [2.75, 3.05) is 19.1 Å². The molecule has 0 saturated carbocycles. The van der Waals surface area contributed by atoms with Gasteiger partial charge in [-0.2, -0.15) is 10.4 Å². The van der Waals surface area contributed by atoms with Crippen molar-refractivity contribution in [2.24, 2.45) is 0 Å². The maximum absolute atomic E-state index is 12.9. The molecule has 9 heteroatoms. The minimum Gasteiger partial charge on any atom is -0.491 e. The number of hydrogen-bond donors (Lipinski definition) is 0. The van der Waals surface area contributed by atoms with Gasteiger partial charge in [0.1, 0.15) is 6.54 Å². The van der Waals surface area contributed by atoms with E-state index < -0.39 is 0 Å². The second-order valence-corrected chi connectivity index (χ2v) is 6.50. The van der Waals surface area contributed by atoms with Crippen LogP contribution in [0.3, 0.4) is 0 Å². The highest BCUT2D eigenvalue weighted by Gasteiger charge is 2.32. The van der Waals surface area contributed by atoms with Gasteiger partial charge in [-0.15, -0.1) is 0 Å². The van der Waals surface area contributed by atoms with E-state index >= 15 is 0 Å². The van der Waals surface area contributed by atoms with Gasteiger partial charge in [0.25, 0.3) is 11.8 Å². The number of carbonyl (C=O) groups is 1. The lowest BCUT2D eigenvalue weighted by atomic mass is 10.1. The highest BCUT2D eigenvalue weighted by Crippen LogP contribution is 2.33. The Balaban J connectivity index is 1.70. The van der Waals surface area contributed by atoms with Crippen LogP contribution in [0.1, 0.15) is 21.6 Å². The molecule has 0 spiro atoms. The first-order valence-electron chi connectivity index (χ1n) is 8.87. The van der Waals surface area contributed by atoms with Gasteiger partial charge < -0.3 is 9.47 Å². The van der Waals surface area contributed by atoms with Crippen LogP contribution in [0.15, 0.2) is 30.6 Å². The first-order valence-corrected chi connectivity index (χ1v) is 8.87. The van der Waals surface area contributed by atoms with Crippen molar-refractivity contribution in [3.8, 4) is 29.1 Å². The molecule has 1 aliphatic heterocycles. The lowest BCUT2D eigenvalue weighted by Gasteiger charge is -2.11. The highest BCUT2D eigenvalue weighted by molar-refractivity contribution is 6.10. The molecule has 0 aromatic carbocycles. The van der Waals surface area contributed by atoms with E-state index in [1.165, 1.54) is 11.8 Å². The van der Waals surface area contributed by atoms with E-state index in [-0.39, 0.29) is 12.5 Å². The number of aryl methyl sites for hydroxylation is 1. The molecule has 3 aromatic rings. The molecule has 0 aliphatic carbocycles. The van der Waals surface area contributed by atoms with Crippen LogP contribution in [-0.4, -0.2) is 39.9 Å². The Bertz CT molecular complexity index is 1150. The summed E-state index contributed by atoms with van der Waals surface area (Å²) in [6, 6.07) is 7.44. The van der Waals surface area contributed by atoms with Gasteiger partial charge >= 0.3 is 0 Å². The summed E-state index contributed by atoms with van der Waals surface area (Å²) in [5.74, 6) is 0.769. The summed E-state index contributed by atoms with van der Waals surface area (Å²) in [5, 5.41) is 12.9. The maximum atomic E-state index is 12.9. The van der Waals surface area contributed by atoms with Crippen LogP contribution in [0.5, 0.6) is 11.6 Å². The van der Waals surface area contributed by atoms with Crippen LogP contribution in [0.2, 0.25) is 0 Å². The summed E-state index contributed by atoms with van der Waals surface area (Å²) < 4.78 is 12.0.